The van der Waals surface area contributed by atoms with Crippen LogP contribution >= 0.6 is 0 Å². The van der Waals surface area contributed by atoms with Gasteiger partial charge in [-0.3, -0.25) is 9.69 Å². The van der Waals surface area contributed by atoms with Crippen molar-refractivity contribution in [1.29, 1.82) is 0 Å². The van der Waals surface area contributed by atoms with Gasteiger partial charge >= 0.3 is 0 Å². The number of allylic oxidation sites excluding steroid dienone is 1. The van der Waals surface area contributed by atoms with Crippen LogP contribution in [0.25, 0.3) is 0 Å². The third-order valence-corrected chi connectivity index (χ3v) is 4.69. The molecule has 0 saturated heterocycles. The molecule has 1 aromatic rings. The van der Waals surface area contributed by atoms with Crippen LogP contribution < -0.4 is 15.1 Å². The second-order valence-electron chi connectivity index (χ2n) is 5.82. The highest BCUT2D eigenvalue weighted by Gasteiger charge is 2.41. The molecule has 0 bridgehead atoms. The summed E-state index contributed by atoms with van der Waals surface area (Å²) in [6, 6.07) is 8.19. The second-order valence-corrected chi connectivity index (χ2v) is 5.82. The SMILES string of the molecule is O=C1CC2=C3C(=CCC2)C2=CNCN2c2ccccc2N13. The molecule has 3 aliphatic heterocycles. The van der Waals surface area contributed by atoms with E-state index < -0.39 is 0 Å². The maximum atomic E-state index is 12.6. The van der Waals surface area contributed by atoms with Crippen molar-refractivity contribution in [2.75, 3.05) is 16.5 Å². The zero-order valence-electron chi connectivity index (χ0n) is 11.6. The molecule has 0 aromatic heterocycles. The Bertz CT molecular complexity index is 772. The Hall–Kier alpha value is -2.49. The van der Waals surface area contributed by atoms with Gasteiger partial charge in [-0.1, -0.05) is 18.2 Å². The Morgan fingerprint density at radius 3 is 2.90 bits per heavy atom. The van der Waals surface area contributed by atoms with Crippen molar-refractivity contribution in [3.63, 3.8) is 0 Å². The molecule has 0 spiro atoms. The van der Waals surface area contributed by atoms with Crippen LogP contribution in [0.15, 0.2) is 59.1 Å². The second kappa shape index (κ2) is 3.79. The first-order valence-electron chi connectivity index (χ1n) is 7.40. The summed E-state index contributed by atoms with van der Waals surface area (Å²) in [5, 5.41) is 3.32. The molecule has 1 amide bonds. The standard InChI is InChI=1S/C17H15N3O/c21-16-8-11-4-3-5-12-15-9-18-10-19(15)13-6-1-2-7-14(13)20(16)17(11)12/h1-2,5-7,9,18H,3-4,8,10H2. The zero-order valence-corrected chi connectivity index (χ0v) is 11.6. The normalized spacial score (nSPS) is 22.2. The van der Waals surface area contributed by atoms with Gasteiger partial charge in [0.2, 0.25) is 5.91 Å². The van der Waals surface area contributed by atoms with E-state index in [1.54, 1.807) is 0 Å². The minimum Gasteiger partial charge on any atom is -0.372 e. The van der Waals surface area contributed by atoms with Crippen LogP contribution in [0, 0.1) is 0 Å². The van der Waals surface area contributed by atoms with Crippen LogP contribution in [-0.2, 0) is 4.79 Å². The Balaban J connectivity index is 1.86. The number of carbonyl (C=O) groups is 1. The van der Waals surface area contributed by atoms with Gasteiger partial charge < -0.3 is 10.2 Å². The number of hydrogen-bond acceptors (Lipinski definition) is 3. The van der Waals surface area contributed by atoms with Crippen molar-refractivity contribution in [3.8, 4) is 0 Å². The monoisotopic (exact) mass is 277 g/mol. The van der Waals surface area contributed by atoms with Gasteiger partial charge in [-0.05, 0) is 30.5 Å². The van der Waals surface area contributed by atoms with E-state index in [1.165, 1.54) is 16.8 Å². The van der Waals surface area contributed by atoms with Crippen molar-refractivity contribution in [3.05, 3.63) is 59.1 Å². The highest BCUT2D eigenvalue weighted by molar-refractivity contribution is 6.07. The molecule has 0 atom stereocenters. The number of rotatable bonds is 0. The molecule has 3 heterocycles. The van der Waals surface area contributed by atoms with Crippen molar-refractivity contribution in [2.24, 2.45) is 0 Å². The molecule has 104 valence electrons. The molecule has 1 aliphatic carbocycles. The molecule has 5 rings (SSSR count). The van der Waals surface area contributed by atoms with Crippen molar-refractivity contribution in [2.45, 2.75) is 19.3 Å². The molecule has 0 radical (unpaired) electrons. The maximum absolute atomic E-state index is 12.6. The van der Waals surface area contributed by atoms with Gasteiger partial charge in [0, 0.05) is 11.8 Å². The van der Waals surface area contributed by atoms with Crippen LogP contribution in [0.5, 0.6) is 0 Å². The van der Waals surface area contributed by atoms with Crippen molar-refractivity contribution >= 4 is 17.3 Å². The van der Waals surface area contributed by atoms with Gasteiger partial charge in [0.25, 0.3) is 0 Å². The van der Waals surface area contributed by atoms with Crippen LogP contribution in [0.1, 0.15) is 19.3 Å². The summed E-state index contributed by atoms with van der Waals surface area (Å²) < 4.78 is 0. The average Bonchev–Trinajstić information content (AvgIpc) is 3.07. The number of nitrogens with one attached hydrogen (secondary N) is 1. The summed E-state index contributed by atoms with van der Waals surface area (Å²) in [5.74, 6) is 0.204. The molecular formula is C17H15N3O. The average molecular weight is 277 g/mol. The van der Waals surface area contributed by atoms with Crippen LogP contribution in [-0.4, -0.2) is 12.6 Å². The molecule has 4 heteroatoms. The lowest BCUT2D eigenvalue weighted by Gasteiger charge is -2.22. The first-order valence-corrected chi connectivity index (χ1v) is 7.40. The van der Waals surface area contributed by atoms with Gasteiger partial charge in [-0.15, -0.1) is 0 Å². The van der Waals surface area contributed by atoms with Gasteiger partial charge in [0.1, 0.15) is 0 Å². The third-order valence-electron chi connectivity index (χ3n) is 4.69. The predicted octanol–water partition coefficient (Wildman–Crippen LogP) is 2.62. The van der Waals surface area contributed by atoms with Crippen molar-refractivity contribution < 1.29 is 4.79 Å². The quantitative estimate of drug-likeness (QED) is 0.792. The van der Waals surface area contributed by atoms with E-state index >= 15 is 0 Å². The number of amides is 1. The molecule has 0 fully saturated rings. The fourth-order valence-electron chi connectivity index (χ4n) is 3.83. The number of carbonyl (C=O) groups excluding carboxylic acids is 1. The molecule has 4 aliphatic rings. The number of anilines is 2. The predicted molar refractivity (Wildman–Crippen MR) is 81.5 cm³/mol. The number of nitrogens with zero attached hydrogens (tertiary/aromatic N) is 2. The summed E-state index contributed by atoms with van der Waals surface area (Å²) in [7, 11) is 0. The number of hydrogen-bond donors (Lipinski definition) is 1. The highest BCUT2D eigenvalue weighted by Crippen LogP contribution is 2.49. The molecule has 0 unspecified atom stereocenters. The molecule has 0 saturated carbocycles. The number of fused-ring (bicyclic) bond motifs is 5. The summed E-state index contributed by atoms with van der Waals surface area (Å²) in [6.07, 6.45) is 6.95. The van der Waals surface area contributed by atoms with Gasteiger partial charge in [0.15, 0.2) is 0 Å². The summed E-state index contributed by atoms with van der Waals surface area (Å²) in [6.45, 7) is 0.758. The smallest absolute Gasteiger partial charge is 0.235 e. The van der Waals surface area contributed by atoms with Crippen LogP contribution in [0.4, 0.5) is 11.4 Å². The van der Waals surface area contributed by atoms with E-state index in [0.717, 1.165) is 36.6 Å². The molecule has 1 N–H and O–H groups in total. The Morgan fingerprint density at radius 1 is 1.14 bits per heavy atom. The molecule has 21 heavy (non-hydrogen) atoms. The lowest BCUT2D eigenvalue weighted by molar-refractivity contribution is -0.116. The lowest BCUT2D eigenvalue weighted by Crippen LogP contribution is -2.25. The highest BCUT2D eigenvalue weighted by atomic mass is 16.2. The van der Waals surface area contributed by atoms with E-state index in [2.05, 4.69) is 34.6 Å². The van der Waals surface area contributed by atoms with E-state index in [0.29, 0.717) is 6.42 Å². The Morgan fingerprint density at radius 2 is 2.00 bits per heavy atom. The maximum Gasteiger partial charge on any atom is 0.235 e. The first kappa shape index (κ1) is 11.2. The summed E-state index contributed by atoms with van der Waals surface area (Å²) in [4.78, 5) is 16.8. The van der Waals surface area contributed by atoms with Crippen LogP contribution in [0.2, 0.25) is 0 Å². The number of para-hydroxylation sites is 2. The fraction of sp³-hybridized carbons (Fsp3) is 0.235. The van der Waals surface area contributed by atoms with E-state index in [-0.39, 0.29) is 5.91 Å². The molecule has 1 aromatic carbocycles. The third kappa shape index (κ3) is 1.32. The Labute approximate surface area is 123 Å². The largest absolute Gasteiger partial charge is 0.372 e. The fourth-order valence-corrected chi connectivity index (χ4v) is 3.83. The molecule has 4 nitrogen and oxygen atoms in total. The minimum absolute atomic E-state index is 0.204. The zero-order chi connectivity index (χ0) is 14.0. The first-order chi connectivity index (χ1) is 10.3. The van der Waals surface area contributed by atoms with E-state index in [4.69, 9.17) is 0 Å². The number of benzene rings is 1. The molecular weight excluding hydrogens is 262 g/mol. The van der Waals surface area contributed by atoms with Crippen LogP contribution in [0.3, 0.4) is 0 Å². The van der Waals surface area contributed by atoms with Crippen molar-refractivity contribution in [1.82, 2.24) is 5.32 Å². The minimum atomic E-state index is 0.204. The topological polar surface area (TPSA) is 35.6 Å². The van der Waals surface area contributed by atoms with Gasteiger partial charge in [-0.25, -0.2) is 0 Å². The Kier molecular flexibility index (Phi) is 2.02. The summed E-state index contributed by atoms with van der Waals surface area (Å²) in [5.41, 5.74) is 6.94. The van der Waals surface area contributed by atoms with Gasteiger partial charge in [0.05, 0.1) is 35.9 Å². The van der Waals surface area contributed by atoms with E-state index in [1.807, 2.05) is 17.0 Å². The van der Waals surface area contributed by atoms with Gasteiger partial charge in [-0.2, -0.15) is 0 Å². The van der Waals surface area contributed by atoms with E-state index in [9.17, 15) is 4.79 Å². The lowest BCUT2D eigenvalue weighted by atomic mass is 9.94. The summed E-state index contributed by atoms with van der Waals surface area (Å²) >= 11 is 0.